The predicted molar refractivity (Wildman–Crippen MR) is 196 cm³/mol. The van der Waals surface area contributed by atoms with Gasteiger partial charge in [0, 0.05) is 12.8 Å². The summed E-state index contributed by atoms with van der Waals surface area (Å²) >= 11 is 1.03. The number of aliphatic carboxylic acids is 1. The normalized spacial score (nSPS) is 18.1. The molecule has 1 aliphatic rings. The molecule has 0 unspecified atom stereocenters. The van der Waals surface area contributed by atoms with Gasteiger partial charge in [0.1, 0.15) is 5.60 Å². The minimum absolute atomic E-state index is 0.0680. The molecule has 0 spiro atoms. The van der Waals surface area contributed by atoms with Gasteiger partial charge in [0.25, 0.3) is 5.24 Å². The van der Waals surface area contributed by atoms with Crippen LogP contribution in [0.1, 0.15) is 129 Å². The SMILES string of the molecule is CCCCCCCC(F)(F)CCCCCC/C=C/[C@H](C(=O)N1C(=O)SC(c2ccccc2)(c2ccccc2)[C@@H]1C(C)C)[C@@](O)(CCC)C(=O)[O-]. The van der Waals surface area contributed by atoms with Gasteiger partial charge in [0.2, 0.25) is 11.8 Å². The van der Waals surface area contributed by atoms with Gasteiger partial charge in [-0.2, -0.15) is 0 Å². The Morgan fingerprint density at radius 3 is 1.86 bits per heavy atom. The minimum Gasteiger partial charge on any atom is -0.547 e. The fourth-order valence-electron chi connectivity index (χ4n) is 7.24. The van der Waals surface area contributed by atoms with Crippen LogP contribution in [0.25, 0.3) is 0 Å². The Morgan fingerprint density at radius 1 is 0.860 bits per heavy atom. The number of aliphatic hydroxyl groups is 1. The molecular formula is C41H56F2NO5S-. The number of nitrogens with zero attached hydrogens (tertiary/aromatic N) is 1. The molecule has 2 aromatic rings. The molecule has 6 nitrogen and oxygen atoms in total. The maximum Gasteiger partial charge on any atom is 0.289 e. The van der Waals surface area contributed by atoms with E-state index in [4.69, 9.17) is 0 Å². The summed E-state index contributed by atoms with van der Waals surface area (Å²) in [6, 6.07) is 18.3. The van der Waals surface area contributed by atoms with Crippen LogP contribution in [-0.2, 0) is 14.3 Å². The van der Waals surface area contributed by atoms with Crippen molar-refractivity contribution in [1.29, 1.82) is 0 Å². The first-order valence-electron chi connectivity index (χ1n) is 18.5. The maximum absolute atomic E-state index is 14.6. The zero-order valence-corrected chi connectivity index (χ0v) is 31.1. The topological polar surface area (TPSA) is 97.7 Å². The van der Waals surface area contributed by atoms with Crippen LogP contribution in [0.15, 0.2) is 72.8 Å². The number of hydrogen-bond acceptors (Lipinski definition) is 6. The molecule has 1 saturated heterocycles. The zero-order chi connectivity index (χ0) is 36.8. The molecule has 1 fully saturated rings. The lowest BCUT2D eigenvalue weighted by Crippen LogP contribution is -2.59. The monoisotopic (exact) mass is 712 g/mol. The third-order valence-corrected chi connectivity index (χ3v) is 11.2. The average Bonchev–Trinajstić information content (AvgIpc) is 3.42. The summed E-state index contributed by atoms with van der Waals surface area (Å²) in [5.74, 6) is -7.02. The Morgan fingerprint density at radius 2 is 1.38 bits per heavy atom. The highest BCUT2D eigenvalue weighted by Gasteiger charge is 2.59. The summed E-state index contributed by atoms with van der Waals surface area (Å²) in [6.07, 6.45) is 10.3. The van der Waals surface area contributed by atoms with Crippen LogP contribution in [0.2, 0.25) is 0 Å². The van der Waals surface area contributed by atoms with Crippen molar-refractivity contribution in [3.8, 4) is 0 Å². The molecule has 0 aliphatic carbocycles. The van der Waals surface area contributed by atoms with E-state index in [9.17, 15) is 33.4 Å². The molecule has 1 aliphatic heterocycles. The van der Waals surface area contributed by atoms with E-state index in [1.807, 2.05) is 74.5 Å². The summed E-state index contributed by atoms with van der Waals surface area (Å²) < 4.78 is 27.6. The van der Waals surface area contributed by atoms with Crippen molar-refractivity contribution in [2.24, 2.45) is 11.8 Å². The highest BCUT2D eigenvalue weighted by molar-refractivity contribution is 8.15. The van der Waals surface area contributed by atoms with Crippen molar-refractivity contribution >= 4 is 28.9 Å². The lowest BCUT2D eigenvalue weighted by Gasteiger charge is -2.42. The van der Waals surface area contributed by atoms with E-state index in [0.717, 1.165) is 53.5 Å². The Balaban J connectivity index is 1.80. The van der Waals surface area contributed by atoms with E-state index in [1.54, 1.807) is 13.0 Å². The van der Waals surface area contributed by atoms with E-state index in [2.05, 4.69) is 6.92 Å². The van der Waals surface area contributed by atoms with E-state index in [-0.39, 0.29) is 31.6 Å². The van der Waals surface area contributed by atoms with Crippen LogP contribution in [0, 0.1) is 11.8 Å². The number of benzene rings is 2. The zero-order valence-electron chi connectivity index (χ0n) is 30.3. The molecule has 2 aromatic carbocycles. The number of rotatable bonds is 22. The summed E-state index contributed by atoms with van der Waals surface area (Å²) in [7, 11) is 0. The molecule has 3 rings (SSSR count). The van der Waals surface area contributed by atoms with Gasteiger partial charge in [-0.1, -0.05) is 145 Å². The third-order valence-electron chi connectivity index (χ3n) is 9.82. The molecule has 0 bridgehead atoms. The molecule has 276 valence electrons. The summed E-state index contributed by atoms with van der Waals surface area (Å²) in [6.45, 7) is 7.66. The number of alkyl halides is 2. The number of carboxylic acid groups (broad SMARTS) is 1. The molecule has 0 aromatic heterocycles. The average molecular weight is 713 g/mol. The van der Waals surface area contributed by atoms with Crippen LogP contribution in [0.3, 0.4) is 0 Å². The number of carbonyl (C=O) groups is 3. The maximum atomic E-state index is 14.6. The number of halogens is 2. The Hall–Kier alpha value is -3.04. The van der Waals surface area contributed by atoms with Gasteiger partial charge in [0.05, 0.1) is 22.7 Å². The van der Waals surface area contributed by atoms with Gasteiger partial charge in [0.15, 0.2) is 0 Å². The lowest BCUT2D eigenvalue weighted by molar-refractivity contribution is -0.327. The van der Waals surface area contributed by atoms with E-state index in [1.165, 1.54) is 6.08 Å². The van der Waals surface area contributed by atoms with Gasteiger partial charge in [-0.25, -0.2) is 8.78 Å². The minimum atomic E-state index is -2.65. The Labute approximate surface area is 302 Å². The second-order valence-corrected chi connectivity index (χ2v) is 15.3. The van der Waals surface area contributed by atoms with Crippen molar-refractivity contribution in [1.82, 2.24) is 4.90 Å². The summed E-state index contributed by atoms with van der Waals surface area (Å²) in [4.78, 5) is 42.3. The van der Waals surface area contributed by atoms with Gasteiger partial charge < -0.3 is 15.0 Å². The van der Waals surface area contributed by atoms with Gasteiger partial charge in [-0.05, 0) is 60.9 Å². The molecule has 0 radical (unpaired) electrons. The molecule has 1 N–H and O–H groups in total. The van der Waals surface area contributed by atoms with Gasteiger partial charge in [-0.3, -0.25) is 14.5 Å². The van der Waals surface area contributed by atoms with E-state index in [0.29, 0.717) is 38.5 Å². The van der Waals surface area contributed by atoms with Crippen molar-refractivity contribution in [3.63, 3.8) is 0 Å². The number of amides is 2. The molecule has 3 atom stereocenters. The highest BCUT2D eigenvalue weighted by atomic mass is 32.2. The van der Waals surface area contributed by atoms with Crippen molar-refractivity contribution in [2.45, 2.75) is 140 Å². The summed E-state index contributed by atoms with van der Waals surface area (Å²) in [5, 5.41) is 23.6. The smallest absolute Gasteiger partial charge is 0.289 e. The Bertz CT molecular complexity index is 1350. The fraction of sp³-hybridized carbons (Fsp3) is 0.585. The molecule has 50 heavy (non-hydrogen) atoms. The van der Waals surface area contributed by atoms with Gasteiger partial charge >= 0.3 is 0 Å². The summed E-state index contributed by atoms with van der Waals surface area (Å²) in [5.41, 5.74) is -0.875. The number of thioether (sulfide) groups is 1. The number of unbranched alkanes of at least 4 members (excludes halogenated alkanes) is 8. The predicted octanol–water partition coefficient (Wildman–Crippen LogP) is 9.44. The number of carbonyl (C=O) groups excluding carboxylic acids is 3. The van der Waals surface area contributed by atoms with Gasteiger partial charge in [-0.15, -0.1) is 0 Å². The van der Waals surface area contributed by atoms with Crippen LogP contribution >= 0.6 is 11.8 Å². The largest absolute Gasteiger partial charge is 0.547 e. The first kappa shape index (κ1) is 41.4. The quantitative estimate of drug-likeness (QED) is 0.0965. The molecular weight excluding hydrogens is 657 g/mol. The molecule has 0 saturated carbocycles. The standard InChI is InChI=1S/C41H57F2NO5S/c1-5-7-8-12-21-29-39(42,43)30-22-13-10-9-11-20-27-34(40(49,28-6-2)37(46)47)36(45)44-35(31(3)4)41(50-38(44)48,32-23-16-14-17-24-32)33-25-18-15-19-26-33/h14-20,23-27,31,34-35,49H,5-13,21-22,28-30H2,1-4H3,(H,46,47)/p-1/b27-20+/t34-,35+,40+/m1/s1. The van der Waals surface area contributed by atoms with Crippen LogP contribution in [-0.4, -0.2) is 44.7 Å². The number of imide groups is 1. The van der Waals surface area contributed by atoms with Crippen molar-refractivity contribution in [2.75, 3.05) is 0 Å². The van der Waals surface area contributed by atoms with Crippen LogP contribution < -0.4 is 5.11 Å². The van der Waals surface area contributed by atoms with Crippen LogP contribution in [0.5, 0.6) is 0 Å². The first-order chi connectivity index (χ1) is 23.9. The first-order valence-corrected chi connectivity index (χ1v) is 19.3. The number of carboxylic acids is 1. The van der Waals surface area contributed by atoms with Crippen molar-refractivity contribution < 1.29 is 33.4 Å². The second-order valence-electron chi connectivity index (χ2n) is 14.1. The molecule has 1 heterocycles. The molecule has 9 heteroatoms. The Kier molecular flexibility index (Phi) is 16.2. The molecule has 2 amide bonds. The van der Waals surface area contributed by atoms with E-state index < -0.39 is 45.3 Å². The second kappa shape index (κ2) is 19.5. The highest BCUT2D eigenvalue weighted by Crippen LogP contribution is 2.56. The third kappa shape index (κ3) is 10.3. The number of allylic oxidation sites excluding steroid dienone is 1. The van der Waals surface area contributed by atoms with Crippen LogP contribution in [0.4, 0.5) is 13.6 Å². The van der Waals surface area contributed by atoms with Crippen molar-refractivity contribution in [3.05, 3.63) is 83.9 Å². The number of hydrogen-bond donors (Lipinski definition) is 1. The fourth-order valence-corrected chi connectivity index (χ4v) is 8.82. The van der Waals surface area contributed by atoms with E-state index >= 15 is 0 Å². The lowest BCUT2D eigenvalue weighted by atomic mass is 9.77.